The minimum Gasteiger partial charge on any atom is -0.338 e. The van der Waals surface area contributed by atoms with E-state index in [1.54, 1.807) is 33.7 Å². The molecular formula is C13H18ClN5O. The number of likely N-dealkylation sites (N-methyl/N-ethyl adjacent to an activating group) is 1. The van der Waals surface area contributed by atoms with Crippen molar-refractivity contribution in [1.29, 1.82) is 0 Å². The van der Waals surface area contributed by atoms with Crippen LogP contribution < -0.4 is 0 Å². The highest BCUT2D eigenvalue weighted by Crippen LogP contribution is 2.19. The normalized spacial score (nSPS) is 12.4. The van der Waals surface area contributed by atoms with Crippen molar-refractivity contribution in [1.82, 2.24) is 24.5 Å². The molecule has 2 rings (SSSR count). The summed E-state index contributed by atoms with van der Waals surface area (Å²) in [5.41, 5.74) is 1.77. The molecule has 0 saturated carbocycles. The van der Waals surface area contributed by atoms with Crippen molar-refractivity contribution in [2.24, 2.45) is 7.05 Å². The lowest BCUT2D eigenvalue weighted by atomic mass is 10.2. The summed E-state index contributed by atoms with van der Waals surface area (Å²) in [6.07, 6.45) is 3.27. The number of aromatic nitrogens is 4. The molecule has 0 N–H and O–H groups in total. The number of hydrogen-bond donors (Lipinski definition) is 0. The van der Waals surface area contributed by atoms with Crippen LogP contribution in [0.5, 0.6) is 0 Å². The Hall–Kier alpha value is -1.82. The van der Waals surface area contributed by atoms with Crippen LogP contribution in [0.1, 0.15) is 24.4 Å². The van der Waals surface area contributed by atoms with E-state index in [1.807, 2.05) is 27.0 Å². The van der Waals surface area contributed by atoms with Crippen molar-refractivity contribution in [3.8, 4) is 0 Å². The van der Waals surface area contributed by atoms with Gasteiger partial charge < -0.3 is 4.90 Å². The average Bonchev–Trinajstić information content (AvgIpc) is 2.96. The minimum absolute atomic E-state index is 0.0194. The Labute approximate surface area is 122 Å². The number of carbonyl (C=O) groups is 1. The molecule has 2 heterocycles. The minimum atomic E-state index is -0.388. The van der Waals surface area contributed by atoms with Gasteiger partial charge in [-0.25, -0.2) is 0 Å². The maximum Gasteiger partial charge on any atom is 0.247 e. The lowest BCUT2D eigenvalue weighted by Gasteiger charge is -2.22. The zero-order chi connectivity index (χ0) is 14.9. The Morgan fingerprint density at radius 1 is 1.50 bits per heavy atom. The second-order valence-corrected chi connectivity index (χ2v) is 5.25. The van der Waals surface area contributed by atoms with E-state index in [0.717, 1.165) is 11.4 Å². The molecule has 0 fully saturated rings. The van der Waals surface area contributed by atoms with Gasteiger partial charge in [0.2, 0.25) is 5.91 Å². The van der Waals surface area contributed by atoms with Crippen molar-refractivity contribution in [2.75, 3.05) is 7.05 Å². The van der Waals surface area contributed by atoms with E-state index in [-0.39, 0.29) is 11.9 Å². The smallest absolute Gasteiger partial charge is 0.247 e. The van der Waals surface area contributed by atoms with Crippen molar-refractivity contribution in [3.63, 3.8) is 0 Å². The molecule has 0 bridgehead atoms. The fourth-order valence-electron chi connectivity index (χ4n) is 2.09. The van der Waals surface area contributed by atoms with Crippen LogP contribution in [0.3, 0.4) is 0 Å². The van der Waals surface area contributed by atoms with E-state index in [2.05, 4.69) is 10.2 Å². The number of aryl methyl sites for hydroxylation is 1. The molecule has 2 aromatic rings. The maximum absolute atomic E-state index is 12.4. The largest absolute Gasteiger partial charge is 0.338 e. The highest BCUT2D eigenvalue weighted by Gasteiger charge is 2.22. The van der Waals surface area contributed by atoms with E-state index >= 15 is 0 Å². The number of halogens is 1. The molecule has 0 aliphatic heterocycles. The van der Waals surface area contributed by atoms with Crippen molar-refractivity contribution < 1.29 is 4.79 Å². The first-order valence-electron chi connectivity index (χ1n) is 6.33. The second-order valence-electron chi connectivity index (χ2n) is 4.84. The van der Waals surface area contributed by atoms with Gasteiger partial charge in [-0.05, 0) is 19.9 Å². The van der Waals surface area contributed by atoms with E-state index in [1.165, 1.54) is 0 Å². The Morgan fingerprint density at radius 2 is 2.20 bits per heavy atom. The Kier molecular flexibility index (Phi) is 4.13. The first-order valence-corrected chi connectivity index (χ1v) is 6.71. The van der Waals surface area contributed by atoms with Gasteiger partial charge in [0, 0.05) is 20.3 Å². The van der Waals surface area contributed by atoms with Gasteiger partial charge in [0.15, 0.2) is 0 Å². The standard InChI is InChI=1S/C13H18ClN5O/c1-9-12(14)7-16-19(9)10(2)13(20)17(3)8-11-5-6-15-18(11)4/h5-7,10H,8H2,1-4H3. The molecule has 1 atom stereocenters. The second kappa shape index (κ2) is 5.66. The Balaban J connectivity index is 2.10. The van der Waals surface area contributed by atoms with Crippen LogP contribution in [-0.2, 0) is 18.4 Å². The number of carbonyl (C=O) groups excluding carboxylic acids is 1. The molecule has 2 aromatic heterocycles. The van der Waals surface area contributed by atoms with Gasteiger partial charge in [0.25, 0.3) is 0 Å². The van der Waals surface area contributed by atoms with Crippen molar-refractivity contribution >= 4 is 17.5 Å². The van der Waals surface area contributed by atoms with Gasteiger partial charge >= 0.3 is 0 Å². The van der Waals surface area contributed by atoms with E-state index in [4.69, 9.17) is 11.6 Å². The third kappa shape index (κ3) is 2.70. The van der Waals surface area contributed by atoms with Crippen LogP contribution in [0.4, 0.5) is 0 Å². The first-order chi connectivity index (χ1) is 9.41. The van der Waals surface area contributed by atoms with Gasteiger partial charge in [-0.2, -0.15) is 10.2 Å². The number of nitrogens with zero attached hydrogens (tertiary/aromatic N) is 5. The summed E-state index contributed by atoms with van der Waals surface area (Å²) in [6, 6.07) is 1.51. The van der Waals surface area contributed by atoms with Crippen LogP contribution in [-0.4, -0.2) is 37.4 Å². The number of hydrogen-bond acceptors (Lipinski definition) is 3. The molecule has 0 radical (unpaired) electrons. The zero-order valence-electron chi connectivity index (χ0n) is 12.0. The quantitative estimate of drug-likeness (QED) is 0.864. The molecule has 20 heavy (non-hydrogen) atoms. The highest BCUT2D eigenvalue weighted by molar-refractivity contribution is 6.31. The fourth-order valence-corrected chi connectivity index (χ4v) is 2.22. The predicted molar refractivity (Wildman–Crippen MR) is 76.4 cm³/mol. The summed E-state index contributed by atoms with van der Waals surface area (Å²) < 4.78 is 3.40. The van der Waals surface area contributed by atoms with E-state index < -0.39 is 0 Å². The molecular weight excluding hydrogens is 278 g/mol. The molecule has 108 valence electrons. The van der Waals surface area contributed by atoms with Crippen molar-refractivity contribution in [2.45, 2.75) is 26.4 Å². The Bertz CT molecular complexity index is 618. The van der Waals surface area contributed by atoms with Crippen LogP contribution in [0.25, 0.3) is 0 Å². The SMILES string of the molecule is Cc1c(Cl)cnn1C(C)C(=O)N(C)Cc1ccnn1C. The summed E-state index contributed by atoms with van der Waals surface area (Å²) >= 11 is 5.97. The van der Waals surface area contributed by atoms with Gasteiger partial charge in [0.05, 0.1) is 29.2 Å². The maximum atomic E-state index is 12.4. The summed E-state index contributed by atoms with van der Waals surface area (Å²) in [4.78, 5) is 14.1. The first kappa shape index (κ1) is 14.6. The third-order valence-electron chi connectivity index (χ3n) is 3.41. The molecule has 0 spiro atoms. The molecule has 0 saturated heterocycles. The molecule has 7 heteroatoms. The van der Waals surface area contributed by atoms with Crippen LogP contribution in [0, 0.1) is 6.92 Å². The van der Waals surface area contributed by atoms with Crippen LogP contribution in [0.2, 0.25) is 5.02 Å². The van der Waals surface area contributed by atoms with Gasteiger partial charge in [-0.15, -0.1) is 0 Å². The highest BCUT2D eigenvalue weighted by atomic mass is 35.5. The monoisotopic (exact) mass is 295 g/mol. The molecule has 0 aliphatic carbocycles. The lowest BCUT2D eigenvalue weighted by molar-refractivity contribution is -0.133. The molecule has 1 amide bonds. The molecule has 1 unspecified atom stereocenters. The summed E-state index contributed by atoms with van der Waals surface area (Å²) in [5.74, 6) is -0.0194. The van der Waals surface area contributed by atoms with Gasteiger partial charge in [0.1, 0.15) is 6.04 Å². The lowest BCUT2D eigenvalue weighted by Crippen LogP contribution is -2.34. The number of amides is 1. The summed E-state index contributed by atoms with van der Waals surface area (Å²) in [7, 11) is 3.63. The average molecular weight is 296 g/mol. The van der Waals surface area contributed by atoms with E-state index in [0.29, 0.717) is 11.6 Å². The van der Waals surface area contributed by atoms with Crippen LogP contribution >= 0.6 is 11.6 Å². The Morgan fingerprint density at radius 3 is 2.70 bits per heavy atom. The summed E-state index contributed by atoms with van der Waals surface area (Å²) in [5, 5.41) is 8.81. The topological polar surface area (TPSA) is 56.0 Å². The van der Waals surface area contributed by atoms with Gasteiger partial charge in [-0.1, -0.05) is 11.6 Å². The third-order valence-corrected chi connectivity index (χ3v) is 3.78. The molecule has 6 nitrogen and oxygen atoms in total. The molecule has 0 aromatic carbocycles. The zero-order valence-corrected chi connectivity index (χ0v) is 12.8. The van der Waals surface area contributed by atoms with Crippen molar-refractivity contribution in [3.05, 3.63) is 34.9 Å². The predicted octanol–water partition coefficient (Wildman–Crippen LogP) is 1.80. The van der Waals surface area contributed by atoms with Crippen LogP contribution in [0.15, 0.2) is 18.5 Å². The van der Waals surface area contributed by atoms with Gasteiger partial charge in [-0.3, -0.25) is 14.2 Å². The summed E-state index contributed by atoms with van der Waals surface area (Å²) in [6.45, 7) is 4.17. The number of rotatable bonds is 4. The fraction of sp³-hybridized carbons (Fsp3) is 0.462. The molecule has 0 aliphatic rings. The van der Waals surface area contributed by atoms with E-state index in [9.17, 15) is 4.79 Å².